The van der Waals surface area contributed by atoms with E-state index in [0.29, 0.717) is 0 Å². The van der Waals surface area contributed by atoms with Gasteiger partial charge in [-0.05, 0) is 51.4 Å². The molecule has 6 heteroatoms. The van der Waals surface area contributed by atoms with Crippen LogP contribution in [0.15, 0.2) is 18.3 Å². The Kier molecular flexibility index (Phi) is 4.15. The van der Waals surface area contributed by atoms with Crippen molar-refractivity contribution in [3.63, 3.8) is 0 Å². The second-order valence-electron chi connectivity index (χ2n) is 5.61. The van der Waals surface area contributed by atoms with Crippen LogP contribution in [0, 0.1) is 12.8 Å². The molecule has 6 nitrogen and oxygen atoms in total. The molecular weight excluding hydrogens is 264 g/mol. The molecular formula is C15H22N6. The van der Waals surface area contributed by atoms with Crippen LogP contribution in [0.4, 0.5) is 5.95 Å². The van der Waals surface area contributed by atoms with Crippen LogP contribution in [0.5, 0.6) is 0 Å². The van der Waals surface area contributed by atoms with Crippen LogP contribution in [0.2, 0.25) is 0 Å². The van der Waals surface area contributed by atoms with E-state index in [0.717, 1.165) is 48.6 Å². The fraction of sp³-hybridized carbons (Fsp3) is 0.533. The summed E-state index contributed by atoms with van der Waals surface area (Å²) in [6.45, 7) is 5.13. The van der Waals surface area contributed by atoms with Crippen molar-refractivity contribution in [2.24, 2.45) is 5.92 Å². The highest BCUT2D eigenvalue weighted by Crippen LogP contribution is 2.23. The van der Waals surface area contributed by atoms with E-state index in [2.05, 4.69) is 30.4 Å². The number of rotatable bonds is 4. The summed E-state index contributed by atoms with van der Waals surface area (Å²) in [5, 5.41) is 10.7. The van der Waals surface area contributed by atoms with E-state index < -0.39 is 0 Å². The lowest BCUT2D eigenvalue weighted by Crippen LogP contribution is -2.37. The average Bonchev–Trinajstić information content (AvgIpc) is 2.98. The fourth-order valence-corrected chi connectivity index (χ4v) is 2.88. The zero-order valence-corrected chi connectivity index (χ0v) is 12.6. The van der Waals surface area contributed by atoms with Crippen LogP contribution in [0.1, 0.15) is 18.5 Å². The Hall–Kier alpha value is -1.95. The predicted octanol–water partition coefficient (Wildman–Crippen LogP) is 1.61. The fourth-order valence-electron chi connectivity index (χ4n) is 2.88. The van der Waals surface area contributed by atoms with Crippen LogP contribution in [0.3, 0.4) is 0 Å². The number of hydrogen-bond donors (Lipinski definition) is 2. The number of nitrogens with one attached hydrogen (secondary N) is 2. The predicted molar refractivity (Wildman–Crippen MR) is 83.2 cm³/mol. The van der Waals surface area contributed by atoms with E-state index in [4.69, 9.17) is 0 Å². The highest BCUT2D eigenvalue weighted by Gasteiger charge is 2.21. The number of anilines is 1. The van der Waals surface area contributed by atoms with Gasteiger partial charge in [0.2, 0.25) is 5.95 Å². The lowest BCUT2D eigenvalue weighted by atomic mass is 9.97. The maximum absolute atomic E-state index is 4.64. The molecule has 0 bridgehead atoms. The first-order valence-electron chi connectivity index (χ1n) is 7.52. The van der Waals surface area contributed by atoms with Gasteiger partial charge in [0.25, 0.3) is 0 Å². The summed E-state index contributed by atoms with van der Waals surface area (Å²) in [5.41, 5.74) is 1.98. The lowest BCUT2D eigenvalue weighted by molar-refractivity contribution is 0.391. The molecule has 0 aliphatic carbocycles. The minimum absolute atomic E-state index is 0.769. The Bertz CT molecular complexity index is 585. The molecule has 2 N–H and O–H groups in total. The standard InChI is InChI=1S/C15H22N6/c1-11-13(4-3-7-17-11)14-18-15(20-19-14)21-8-5-12(6-9-21)10-16-2/h3-4,7,12,16H,5-6,8-10H2,1-2H3,(H,18,19,20). The summed E-state index contributed by atoms with van der Waals surface area (Å²) in [6.07, 6.45) is 4.18. The first kappa shape index (κ1) is 14.0. The van der Waals surface area contributed by atoms with Gasteiger partial charge in [-0.2, -0.15) is 4.98 Å². The van der Waals surface area contributed by atoms with Gasteiger partial charge >= 0.3 is 0 Å². The van der Waals surface area contributed by atoms with Gasteiger partial charge in [0, 0.05) is 30.5 Å². The Morgan fingerprint density at radius 3 is 2.90 bits per heavy atom. The lowest BCUT2D eigenvalue weighted by Gasteiger charge is -2.30. The van der Waals surface area contributed by atoms with Crippen LogP contribution >= 0.6 is 0 Å². The SMILES string of the molecule is CNCC1CCN(c2n[nH]c(-c3cccnc3C)n2)CC1. The van der Waals surface area contributed by atoms with Gasteiger partial charge in [-0.15, -0.1) is 5.10 Å². The van der Waals surface area contributed by atoms with Crippen LogP contribution in [-0.2, 0) is 0 Å². The number of aromatic nitrogens is 4. The van der Waals surface area contributed by atoms with Crippen molar-refractivity contribution in [2.45, 2.75) is 19.8 Å². The molecule has 112 valence electrons. The molecule has 1 aliphatic rings. The maximum atomic E-state index is 4.64. The van der Waals surface area contributed by atoms with E-state index in [1.165, 1.54) is 12.8 Å². The molecule has 0 aromatic carbocycles. The van der Waals surface area contributed by atoms with Crippen molar-refractivity contribution >= 4 is 5.95 Å². The Morgan fingerprint density at radius 1 is 1.38 bits per heavy atom. The molecule has 0 radical (unpaired) electrons. The van der Waals surface area contributed by atoms with E-state index in [9.17, 15) is 0 Å². The average molecular weight is 286 g/mol. The second-order valence-corrected chi connectivity index (χ2v) is 5.61. The molecule has 1 fully saturated rings. The van der Waals surface area contributed by atoms with E-state index in [1.807, 2.05) is 26.1 Å². The third-order valence-electron chi connectivity index (χ3n) is 4.13. The number of pyridine rings is 1. The first-order chi connectivity index (χ1) is 10.3. The van der Waals surface area contributed by atoms with Crippen molar-refractivity contribution in [3.05, 3.63) is 24.0 Å². The van der Waals surface area contributed by atoms with E-state index in [-0.39, 0.29) is 0 Å². The third kappa shape index (κ3) is 3.05. The topological polar surface area (TPSA) is 69.7 Å². The molecule has 2 aromatic heterocycles. The first-order valence-corrected chi connectivity index (χ1v) is 7.52. The summed E-state index contributed by atoms with van der Waals surface area (Å²) in [4.78, 5) is 11.2. The molecule has 0 amide bonds. The molecule has 0 saturated carbocycles. The number of aromatic amines is 1. The third-order valence-corrected chi connectivity index (χ3v) is 4.13. The van der Waals surface area contributed by atoms with Gasteiger partial charge in [0.15, 0.2) is 5.82 Å². The van der Waals surface area contributed by atoms with Crippen molar-refractivity contribution in [1.82, 2.24) is 25.5 Å². The smallest absolute Gasteiger partial charge is 0.245 e. The highest BCUT2D eigenvalue weighted by molar-refractivity contribution is 5.58. The molecule has 21 heavy (non-hydrogen) atoms. The minimum Gasteiger partial charge on any atom is -0.340 e. The number of nitrogens with zero attached hydrogens (tertiary/aromatic N) is 4. The largest absolute Gasteiger partial charge is 0.340 e. The number of piperidine rings is 1. The molecule has 1 aliphatic heterocycles. The van der Waals surface area contributed by atoms with Crippen molar-refractivity contribution < 1.29 is 0 Å². The van der Waals surface area contributed by atoms with Crippen LogP contribution < -0.4 is 10.2 Å². The summed E-state index contributed by atoms with van der Waals surface area (Å²) in [5.74, 6) is 2.37. The Balaban J connectivity index is 1.70. The highest BCUT2D eigenvalue weighted by atomic mass is 15.4. The van der Waals surface area contributed by atoms with Gasteiger partial charge in [-0.1, -0.05) is 0 Å². The molecule has 0 spiro atoms. The summed E-state index contributed by atoms with van der Waals surface area (Å²) < 4.78 is 0. The number of hydrogen-bond acceptors (Lipinski definition) is 5. The van der Waals surface area contributed by atoms with Crippen molar-refractivity contribution in [3.8, 4) is 11.4 Å². The minimum atomic E-state index is 0.769. The molecule has 3 rings (SSSR count). The van der Waals surface area contributed by atoms with E-state index in [1.54, 1.807) is 6.20 Å². The summed E-state index contributed by atoms with van der Waals surface area (Å²) in [6, 6.07) is 3.94. The number of aryl methyl sites for hydroxylation is 1. The van der Waals surface area contributed by atoms with Crippen LogP contribution in [0.25, 0.3) is 11.4 Å². The number of H-pyrrole nitrogens is 1. The normalized spacial score (nSPS) is 16.4. The van der Waals surface area contributed by atoms with Crippen LogP contribution in [-0.4, -0.2) is 46.8 Å². The zero-order valence-electron chi connectivity index (χ0n) is 12.6. The van der Waals surface area contributed by atoms with Gasteiger partial charge in [-0.3, -0.25) is 10.1 Å². The molecule has 1 saturated heterocycles. The monoisotopic (exact) mass is 286 g/mol. The second kappa shape index (κ2) is 6.22. The van der Waals surface area contributed by atoms with E-state index >= 15 is 0 Å². The molecule has 3 heterocycles. The summed E-state index contributed by atoms with van der Waals surface area (Å²) in [7, 11) is 2.02. The van der Waals surface area contributed by atoms with Crippen molar-refractivity contribution in [2.75, 3.05) is 31.6 Å². The quantitative estimate of drug-likeness (QED) is 0.893. The van der Waals surface area contributed by atoms with Gasteiger partial charge < -0.3 is 10.2 Å². The Labute approximate surface area is 125 Å². The molecule has 0 atom stereocenters. The molecule has 2 aromatic rings. The van der Waals surface area contributed by atoms with Gasteiger partial charge in [0.1, 0.15) is 0 Å². The molecule has 0 unspecified atom stereocenters. The van der Waals surface area contributed by atoms with Gasteiger partial charge in [0.05, 0.1) is 0 Å². The maximum Gasteiger partial charge on any atom is 0.245 e. The van der Waals surface area contributed by atoms with Crippen molar-refractivity contribution in [1.29, 1.82) is 0 Å². The summed E-state index contributed by atoms with van der Waals surface area (Å²) >= 11 is 0. The van der Waals surface area contributed by atoms with Gasteiger partial charge in [-0.25, -0.2) is 0 Å². The Morgan fingerprint density at radius 2 is 2.19 bits per heavy atom. The zero-order chi connectivity index (χ0) is 14.7.